The number of morpholine rings is 1. The standard InChI is InChI=1S/C10H19NO2/c1-9(2)6-11-7-10(13-9)4-3-5-12-8-10/h11H,3-8H2,1-2H3/t10-/m0/s1. The van der Waals surface area contributed by atoms with E-state index in [-0.39, 0.29) is 11.2 Å². The fraction of sp³-hybridized carbons (Fsp3) is 1.00. The Kier molecular flexibility index (Phi) is 2.34. The van der Waals surface area contributed by atoms with Crippen molar-refractivity contribution in [2.45, 2.75) is 37.9 Å². The third-order valence-corrected chi connectivity index (χ3v) is 2.78. The lowest BCUT2D eigenvalue weighted by Crippen LogP contribution is -2.61. The molecule has 0 bridgehead atoms. The van der Waals surface area contributed by atoms with Crippen LogP contribution in [0.3, 0.4) is 0 Å². The van der Waals surface area contributed by atoms with Gasteiger partial charge in [-0.15, -0.1) is 0 Å². The summed E-state index contributed by atoms with van der Waals surface area (Å²) in [7, 11) is 0. The van der Waals surface area contributed by atoms with Crippen molar-refractivity contribution in [2.75, 3.05) is 26.3 Å². The Labute approximate surface area is 79.8 Å². The van der Waals surface area contributed by atoms with Gasteiger partial charge in [0.05, 0.1) is 12.2 Å². The number of nitrogens with one attached hydrogen (secondary N) is 1. The molecule has 76 valence electrons. The molecular formula is C10H19NO2. The Morgan fingerprint density at radius 3 is 2.69 bits per heavy atom. The van der Waals surface area contributed by atoms with E-state index in [1.54, 1.807) is 0 Å². The Bertz CT molecular complexity index is 180. The molecule has 0 aliphatic carbocycles. The molecule has 0 aromatic carbocycles. The first kappa shape index (κ1) is 9.44. The maximum atomic E-state index is 6.11. The molecule has 0 amide bonds. The SMILES string of the molecule is CC1(C)CNC[C@]2(CCCOC2)O1. The van der Waals surface area contributed by atoms with Crippen LogP contribution in [-0.2, 0) is 9.47 Å². The van der Waals surface area contributed by atoms with Crippen LogP contribution in [0.1, 0.15) is 26.7 Å². The fourth-order valence-electron chi connectivity index (χ4n) is 2.30. The van der Waals surface area contributed by atoms with Gasteiger partial charge < -0.3 is 14.8 Å². The molecule has 1 spiro atoms. The first-order valence-corrected chi connectivity index (χ1v) is 5.11. The van der Waals surface area contributed by atoms with E-state index in [0.717, 1.165) is 39.1 Å². The number of hydrogen-bond donors (Lipinski definition) is 1. The molecule has 1 N–H and O–H groups in total. The van der Waals surface area contributed by atoms with Gasteiger partial charge in [-0.2, -0.15) is 0 Å². The van der Waals surface area contributed by atoms with Crippen molar-refractivity contribution < 1.29 is 9.47 Å². The molecule has 0 radical (unpaired) electrons. The van der Waals surface area contributed by atoms with Crippen molar-refractivity contribution in [1.29, 1.82) is 0 Å². The molecule has 1 atom stereocenters. The first-order valence-electron chi connectivity index (χ1n) is 5.11. The highest BCUT2D eigenvalue weighted by molar-refractivity contribution is 4.94. The van der Waals surface area contributed by atoms with E-state index in [9.17, 15) is 0 Å². The normalized spacial score (nSPS) is 39.2. The molecule has 2 heterocycles. The van der Waals surface area contributed by atoms with Crippen LogP contribution in [0.5, 0.6) is 0 Å². The summed E-state index contributed by atoms with van der Waals surface area (Å²) in [6.07, 6.45) is 2.25. The number of ether oxygens (including phenoxy) is 2. The highest BCUT2D eigenvalue weighted by Gasteiger charge is 2.42. The second-order valence-electron chi connectivity index (χ2n) is 4.80. The predicted molar refractivity (Wildman–Crippen MR) is 50.8 cm³/mol. The molecule has 3 nitrogen and oxygen atoms in total. The quantitative estimate of drug-likeness (QED) is 0.609. The van der Waals surface area contributed by atoms with Crippen LogP contribution in [0.4, 0.5) is 0 Å². The van der Waals surface area contributed by atoms with Gasteiger partial charge in [0.2, 0.25) is 0 Å². The second kappa shape index (κ2) is 3.23. The fourth-order valence-corrected chi connectivity index (χ4v) is 2.30. The van der Waals surface area contributed by atoms with Gasteiger partial charge in [0.15, 0.2) is 0 Å². The van der Waals surface area contributed by atoms with Crippen molar-refractivity contribution in [1.82, 2.24) is 5.32 Å². The minimum Gasteiger partial charge on any atom is -0.378 e. The third kappa shape index (κ3) is 2.03. The largest absolute Gasteiger partial charge is 0.378 e. The molecule has 2 fully saturated rings. The summed E-state index contributed by atoms with van der Waals surface area (Å²) < 4.78 is 11.6. The topological polar surface area (TPSA) is 30.5 Å². The minimum atomic E-state index is -0.0427. The van der Waals surface area contributed by atoms with E-state index >= 15 is 0 Å². The molecule has 2 saturated heterocycles. The number of rotatable bonds is 0. The summed E-state index contributed by atoms with van der Waals surface area (Å²) in [4.78, 5) is 0. The summed E-state index contributed by atoms with van der Waals surface area (Å²) in [6, 6.07) is 0. The molecule has 0 saturated carbocycles. The zero-order chi connectivity index (χ0) is 9.36. The van der Waals surface area contributed by atoms with Gasteiger partial charge in [-0.1, -0.05) is 0 Å². The van der Waals surface area contributed by atoms with E-state index in [2.05, 4.69) is 19.2 Å². The molecule has 2 rings (SSSR count). The highest BCUT2D eigenvalue weighted by Crippen LogP contribution is 2.30. The monoisotopic (exact) mass is 185 g/mol. The molecule has 2 aliphatic rings. The highest BCUT2D eigenvalue weighted by atomic mass is 16.6. The Morgan fingerprint density at radius 1 is 1.23 bits per heavy atom. The lowest BCUT2D eigenvalue weighted by atomic mass is 9.92. The molecule has 0 unspecified atom stereocenters. The smallest absolute Gasteiger partial charge is 0.105 e. The molecule has 0 aromatic heterocycles. The maximum absolute atomic E-state index is 6.11. The maximum Gasteiger partial charge on any atom is 0.105 e. The molecule has 0 aromatic rings. The average Bonchev–Trinajstić information content (AvgIpc) is 2.03. The van der Waals surface area contributed by atoms with E-state index in [1.807, 2.05) is 0 Å². The van der Waals surface area contributed by atoms with Crippen molar-refractivity contribution >= 4 is 0 Å². The molecule has 13 heavy (non-hydrogen) atoms. The molecule has 3 heteroatoms. The first-order chi connectivity index (χ1) is 6.12. The molecule has 2 aliphatic heterocycles. The van der Waals surface area contributed by atoms with Gasteiger partial charge in [-0.25, -0.2) is 0 Å². The van der Waals surface area contributed by atoms with Crippen molar-refractivity contribution in [3.05, 3.63) is 0 Å². The van der Waals surface area contributed by atoms with Gasteiger partial charge in [0, 0.05) is 19.7 Å². The van der Waals surface area contributed by atoms with Gasteiger partial charge in [0.1, 0.15) is 5.60 Å². The number of hydrogen-bond acceptors (Lipinski definition) is 3. The van der Waals surface area contributed by atoms with Crippen LogP contribution in [-0.4, -0.2) is 37.5 Å². The van der Waals surface area contributed by atoms with Crippen molar-refractivity contribution in [3.63, 3.8) is 0 Å². The molecular weight excluding hydrogens is 166 g/mol. The average molecular weight is 185 g/mol. The van der Waals surface area contributed by atoms with E-state index in [4.69, 9.17) is 9.47 Å². The van der Waals surface area contributed by atoms with Gasteiger partial charge in [-0.3, -0.25) is 0 Å². The summed E-state index contributed by atoms with van der Waals surface area (Å²) >= 11 is 0. The lowest BCUT2D eigenvalue weighted by molar-refractivity contribution is -0.205. The van der Waals surface area contributed by atoms with Crippen LogP contribution in [0, 0.1) is 0 Å². The van der Waals surface area contributed by atoms with Gasteiger partial charge >= 0.3 is 0 Å². The summed E-state index contributed by atoms with van der Waals surface area (Å²) in [5, 5.41) is 3.43. The van der Waals surface area contributed by atoms with Gasteiger partial charge in [-0.05, 0) is 26.7 Å². The van der Waals surface area contributed by atoms with E-state index < -0.39 is 0 Å². The summed E-state index contributed by atoms with van der Waals surface area (Å²) in [6.45, 7) is 7.80. The van der Waals surface area contributed by atoms with Crippen LogP contribution >= 0.6 is 0 Å². The second-order valence-corrected chi connectivity index (χ2v) is 4.80. The zero-order valence-electron chi connectivity index (χ0n) is 8.56. The van der Waals surface area contributed by atoms with Crippen molar-refractivity contribution in [2.24, 2.45) is 0 Å². The van der Waals surface area contributed by atoms with Crippen LogP contribution in [0.2, 0.25) is 0 Å². The van der Waals surface area contributed by atoms with Crippen LogP contribution in [0.25, 0.3) is 0 Å². The zero-order valence-corrected chi connectivity index (χ0v) is 8.56. The summed E-state index contributed by atoms with van der Waals surface area (Å²) in [5.74, 6) is 0. The minimum absolute atomic E-state index is 0.0417. The van der Waals surface area contributed by atoms with E-state index in [1.165, 1.54) is 0 Å². The Morgan fingerprint density at radius 2 is 2.08 bits per heavy atom. The Balaban J connectivity index is 2.04. The summed E-state index contributed by atoms with van der Waals surface area (Å²) in [5.41, 5.74) is -0.0844. The van der Waals surface area contributed by atoms with Crippen LogP contribution in [0.15, 0.2) is 0 Å². The van der Waals surface area contributed by atoms with Crippen molar-refractivity contribution in [3.8, 4) is 0 Å². The Hall–Kier alpha value is -0.120. The van der Waals surface area contributed by atoms with E-state index in [0.29, 0.717) is 0 Å². The predicted octanol–water partition coefficient (Wildman–Crippen LogP) is 0.934. The lowest BCUT2D eigenvalue weighted by Gasteiger charge is -2.47. The third-order valence-electron chi connectivity index (χ3n) is 2.78. The van der Waals surface area contributed by atoms with Crippen LogP contribution < -0.4 is 5.32 Å². The van der Waals surface area contributed by atoms with Gasteiger partial charge in [0.25, 0.3) is 0 Å².